The van der Waals surface area contributed by atoms with Crippen LogP contribution in [0.25, 0.3) is 0 Å². The molecule has 7 nitrogen and oxygen atoms in total. The van der Waals surface area contributed by atoms with Crippen molar-refractivity contribution >= 4 is 28.9 Å². The van der Waals surface area contributed by atoms with Crippen molar-refractivity contribution in [2.75, 3.05) is 18.5 Å². The number of nitro benzene ring substituents is 1. The van der Waals surface area contributed by atoms with Crippen LogP contribution >= 0.6 is 11.6 Å². The van der Waals surface area contributed by atoms with Crippen LogP contribution in [-0.2, 0) is 15.7 Å². The Morgan fingerprint density at radius 3 is 2.54 bits per heavy atom. The number of nitro groups is 1. The summed E-state index contributed by atoms with van der Waals surface area (Å²) in [6, 6.07) is 6.15. The summed E-state index contributed by atoms with van der Waals surface area (Å²) in [5.41, 5.74) is -1.29. The smallest absolute Gasteiger partial charge is 0.416 e. The second-order valence-electron chi connectivity index (χ2n) is 5.34. The molecule has 0 fully saturated rings. The summed E-state index contributed by atoms with van der Waals surface area (Å²) in [6.07, 6.45) is -4.56. The number of hydrogen-bond acceptors (Lipinski definition) is 6. The number of nitrogens with one attached hydrogen (secondary N) is 1. The van der Waals surface area contributed by atoms with Crippen molar-refractivity contribution in [2.24, 2.45) is 0 Å². The summed E-state index contributed by atoms with van der Waals surface area (Å²) in [7, 11) is 0. The highest BCUT2D eigenvalue weighted by Gasteiger charge is 2.31. The van der Waals surface area contributed by atoms with Gasteiger partial charge in [0.15, 0.2) is 0 Å². The summed E-state index contributed by atoms with van der Waals surface area (Å²) in [5.74, 6) is -0.618. The van der Waals surface area contributed by atoms with Crippen molar-refractivity contribution in [1.82, 2.24) is 0 Å². The van der Waals surface area contributed by atoms with Crippen molar-refractivity contribution in [3.63, 3.8) is 0 Å². The van der Waals surface area contributed by atoms with Crippen LogP contribution in [-0.4, -0.2) is 24.0 Å². The number of ether oxygens (including phenoxy) is 2. The Labute approximate surface area is 162 Å². The molecule has 11 heteroatoms. The zero-order chi connectivity index (χ0) is 20.9. The van der Waals surface area contributed by atoms with E-state index in [0.29, 0.717) is 6.07 Å². The summed E-state index contributed by atoms with van der Waals surface area (Å²) in [5, 5.41) is 13.4. The molecule has 0 aliphatic rings. The van der Waals surface area contributed by atoms with Crippen LogP contribution in [0.1, 0.15) is 12.5 Å². The second kappa shape index (κ2) is 8.79. The molecular weight excluding hydrogens is 405 g/mol. The van der Waals surface area contributed by atoms with E-state index in [0.717, 1.165) is 18.2 Å². The van der Waals surface area contributed by atoms with Gasteiger partial charge in [-0.3, -0.25) is 14.9 Å². The summed E-state index contributed by atoms with van der Waals surface area (Å²) in [6.45, 7) is 1.44. The number of benzene rings is 2. The predicted octanol–water partition coefficient (Wildman–Crippen LogP) is 5.03. The van der Waals surface area contributed by atoms with E-state index in [9.17, 15) is 28.1 Å². The lowest BCUT2D eigenvalue weighted by atomic mass is 10.2. The molecule has 1 N–H and O–H groups in total. The zero-order valence-corrected chi connectivity index (χ0v) is 15.1. The fourth-order valence-corrected chi connectivity index (χ4v) is 2.36. The molecule has 0 saturated carbocycles. The number of anilines is 1. The van der Waals surface area contributed by atoms with Crippen LogP contribution in [0.15, 0.2) is 36.4 Å². The first kappa shape index (κ1) is 21.3. The van der Waals surface area contributed by atoms with E-state index in [2.05, 4.69) is 5.32 Å². The molecule has 0 spiro atoms. The standard InChI is InChI=1S/C17H14ClF3N2O5/c1-2-27-16(24)9-22-13-8-11(4-5-14(13)23(25)26)28-15-6-3-10(7-12(15)18)17(19,20)21/h3-8,22H,2,9H2,1H3. The number of hydrogen-bond donors (Lipinski definition) is 1. The van der Waals surface area contributed by atoms with E-state index in [1.165, 1.54) is 12.1 Å². The van der Waals surface area contributed by atoms with Gasteiger partial charge in [0.2, 0.25) is 0 Å². The quantitative estimate of drug-likeness (QED) is 0.385. The third-order valence-corrected chi connectivity index (χ3v) is 3.68. The van der Waals surface area contributed by atoms with Gasteiger partial charge in [-0.1, -0.05) is 11.6 Å². The maximum Gasteiger partial charge on any atom is 0.416 e. The summed E-state index contributed by atoms with van der Waals surface area (Å²) >= 11 is 5.83. The Kier molecular flexibility index (Phi) is 6.68. The third-order valence-electron chi connectivity index (χ3n) is 3.38. The van der Waals surface area contributed by atoms with Crippen LogP contribution in [0.2, 0.25) is 5.02 Å². The molecule has 2 aromatic rings. The number of esters is 1. The molecule has 2 aromatic carbocycles. The van der Waals surface area contributed by atoms with E-state index in [1.807, 2.05) is 0 Å². The Bertz CT molecular complexity index is 890. The Morgan fingerprint density at radius 1 is 1.25 bits per heavy atom. The Morgan fingerprint density at radius 2 is 1.96 bits per heavy atom. The first-order valence-electron chi connectivity index (χ1n) is 7.84. The Balaban J connectivity index is 2.25. The van der Waals surface area contributed by atoms with E-state index in [4.69, 9.17) is 21.1 Å². The van der Waals surface area contributed by atoms with Gasteiger partial charge in [0.25, 0.3) is 5.69 Å². The monoisotopic (exact) mass is 418 g/mol. The number of carbonyl (C=O) groups excluding carboxylic acids is 1. The molecule has 0 atom stereocenters. The maximum atomic E-state index is 12.7. The zero-order valence-electron chi connectivity index (χ0n) is 14.4. The normalized spacial score (nSPS) is 11.0. The van der Waals surface area contributed by atoms with E-state index >= 15 is 0 Å². The average Bonchev–Trinajstić information content (AvgIpc) is 2.61. The summed E-state index contributed by atoms with van der Waals surface area (Å²) in [4.78, 5) is 21.9. The van der Waals surface area contributed by atoms with Gasteiger partial charge in [-0.05, 0) is 31.2 Å². The summed E-state index contributed by atoms with van der Waals surface area (Å²) < 4.78 is 48.2. The number of carbonyl (C=O) groups is 1. The van der Waals surface area contributed by atoms with Crippen molar-refractivity contribution in [3.8, 4) is 11.5 Å². The molecule has 0 radical (unpaired) electrons. The molecule has 0 amide bonds. The van der Waals surface area contributed by atoms with Gasteiger partial charge in [-0.2, -0.15) is 13.2 Å². The molecule has 0 aromatic heterocycles. The number of alkyl halides is 3. The van der Waals surface area contributed by atoms with E-state index in [1.54, 1.807) is 6.92 Å². The number of rotatable bonds is 7. The van der Waals surface area contributed by atoms with Gasteiger partial charge in [0.1, 0.15) is 23.7 Å². The molecule has 0 heterocycles. The Hall–Kier alpha value is -3.01. The van der Waals surface area contributed by atoms with Crippen molar-refractivity contribution < 1.29 is 32.4 Å². The van der Waals surface area contributed by atoms with Crippen molar-refractivity contribution in [1.29, 1.82) is 0 Å². The highest BCUT2D eigenvalue weighted by molar-refractivity contribution is 6.32. The number of nitrogens with zero attached hydrogens (tertiary/aromatic N) is 1. The maximum absolute atomic E-state index is 12.7. The van der Waals surface area contributed by atoms with Gasteiger partial charge in [0.05, 0.1) is 22.1 Å². The van der Waals surface area contributed by atoms with Crippen LogP contribution in [0.4, 0.5) is 24.5 Å². The van der Waals surface area contributed by atoms with Gasteiger partial charge in [-0.25, -0.2) is 0 Å². The molecule has 0 bridgehead atoms. The minimum atomic E-state index is -4.56. The van der Waals surface area contributed by atoms with Crippen molar-refractivity contribution in [3.05, 3.63) is 57.1 Å². The lowest BCUT2D eigenvalue weighted by Crippen LogP contribution is -2.17. The lowest BCUT2D eigenvalue weighted by Gasteiger charge is -2.12. The van der Waals surface area contributed by atoms with Gasteiger partial charge in [0, 0.05) is 12.1 Å². The fraction of sp³-hybridized carbons (Fsp3) is 0.235. The number of halogens is 4. The SMILES string of the molecule is CCOC(=O)CNc1cc(Oc2ccc(C(F)(F)F)cc2Cl)ccc1[N+](=O)[O-]. The molecule has 2 rings (SSSR count). The fourth-order valence-electron chi connectivity index (χ4n) is 2.15. The lowest BCUT2D eigenvalue weighted by molar-refractivity contribution is -0.384. The van der Waals surface area contributed by atoms with E-state index in [-0.39, 0.29) is 41.0 Å². The highest BCUT2D eigenvalue weighted by Crippen LogP contribution is 2.37. The first-order valence-corrected chi connectivity index (χ1v) is 8.22. The molecule has 0 unspecified atom stereocenters. The molecular formula is C17H14ClF3N2O5. The van der Waals surface area contributed by atoms with Gasteiger partial charge < -0.3 is 14.8 Å². The largest absolute Gasteiger partial charge is 0.465 e. The minimum Gasteiger partial charge on any atom is -0.465 e. The molecule has 28 heavy (non-hydrogen) atoms. The van der Waals surface area contributed by atoms with E-state index < -0.39 is 22.6 Å². The highest BCUT2D eigenvalue weighted by atomic mass is 35.5. The molecule has 0 saturated heterocycles. The molecule has 0 aliphatic heterocycles. The first-order chi connectivity index (χ1) is 13.1. The predicted molar refractivity (Wildman–Crippen MR) is 94.7 cm³/mol. The van der Waals surface area contributed by atoms with Crippen LogP contribution < -0.4 is 10.1 Å². The van der Waals surface area contributed by atoms with Gasteiger partial charge >= 0.3 is 12.1 Å². The van der Waals surface area contributed by atoms with Crippen LogP contribution in [0.5, 0.6) is 11.5 Å². The van der Waals surface area contributed by atoms with Crippen LogP contribution in [0, 0.1) is 10.1 Å². The van der Waals surface area contributed by atoms with Gasteiger partial charge in [-0.15, -0.1) is 0 Å². The third kappa shape index (κ3) is 5.49. The molecule has 150 valence electrons. The average molecular weight is 419 g/mol. The topological polar surface area (TPSA) is 90.7 Å². The minimum absolute atomic E-state index is 0.0291. The molecule has 0 aliphatic carbocycles. The van der Waals surface area contributed by atoms with Crippen LogP contribution in [0.3, 0.4) is 0 Å². The second-order valence-corrected chi connectivity index (χ2v) is 5.75. The van der Waals surface area contributed by atoms with Crippen molar-refractivity contribution in [2.45, 2.75) is 13.1 Å².